The standard InChI is InChI=1S/C19H22N2O2/c1-12-6-5-7-14-11-21(19(3,4)9-15(12)14)18(23)16-10-20-13(2)8-17(16)22/h5-8,10H,9,11H2,1-4H3,(H,20,22). The number of rotatable bonds is 1. The Bertz CT molecular complexity index is 834. The molecule has 4 heteroatoms. The molecule has 1 aliphatic rings. The molecule has 120 valence electrons. The van der Waals surface area contributed by atoms with Crippen LogP contribution >= 0.6 is 0 Å². The predicted molar refractivity (Wildman–Crippen MR) is 90.6 cm³/mol. The molecule has 3 rings (SSSR count). The number of H-pyrrole nitrogens is 1. The van der Waals surface area contributed by atoms with E-state index >= 15 is 0 Å². The van der Waals surface area contributed by atoms with Crippen molar-refractivity contribution in [2.45, 2.75) is 46.2 Å². The van der Waals surface area contributed by atoms with Crippen LogP contribution in [0.2, 0.25) is 0 Å². The van der Waals surface area contributed by atoms with E-state index < -0.39 is 0 Å². The van der Waals surface area contributed by atoms with E-state index in [-0.39, 0.29) is 22.4 Å². The van der Waals surface area contributed by atoms with Crippen LogP contribution in [0, 0.1) is 13.8 Å². The molecule has 1 N–H and O–H groups in total. The summed E-state index contributed by atoms with van der Waals surface area (Å²) in [5.41, 5.74) is 4.16. The predicted octanol–water partition coefficient (Wildman–Crippen LogP) is 2.97. The third kappa shape index (κ3) is 2.69. The molecule has 1 aromatic heterocycles. The number of nitrogens with zero attached hydrogens (tertiary/aromatic N) is 1. The van der Waals surface area contributed by atoms with Gasteiger partial charge < -0.3 is 9.88 Å². The normalized spacial score (nSPS) is 16.1. The Morgan fingerprint density at radius 2 is 2.00 bits per heavy atom. The van der Waals surface area contributed by atoms with E-state index in [1.807, 2.05) is 11.0 Å². The van der Waals surface area contributed by atoms with Crippen LogP contribution in [0.5, 0.6) is 0 Å². The van der Waals surface area contributed by atoms with E-state index in [1.54, 1.807) is 6.92 Å². The molecule has 0 aliphatic carbocycles. The van der Waals surface area contributed by atoms with Crippen molar-refractivity contribution >= 4 is 5.91 Å². The van der Waals surface area contributed by atoms with Crippen molar-refractivity contribution in [3.05, 3.63) is 68.6 Å². The van der Waals surface area contributed by atoms with E-state index in [2.05, 4.69) is 37.9 Å². The lowest BCUT2D eigenvalue weighted by Gasteiger charge is -2.43. The number of aryl methyl sites for hydroxylation is 2. The summed E-state index contributed by atoms with van der Waals surface area (Å²) < 4.78 is 0. The third-order valence-electron chi connectivity index (χ3n) is 4.71. The molecule has 0 bridgehead atoms. The van der Waals surface area contributed by atoms with Crippen molar-refractivity contribution < 1.29 is 4.79 Å². The molecule has 4 nitrogen and oxygen atoms in total. The van der Waals surface area contributed by atoms with Gasteiger partial charge in [-0.3, -0.25) is 9.59 Å². The van der Waals surface area contributed by atoms with Gasteiger partial charge in [0.25, 0.3) is 5.91 Å². The van der Waals surface area contributed by atoms with Gasteiger partial charge in [0.05, 0.1) is 0 Å². The number of aromatic nitrogens is 1. The number of benzene rings is 1. The molecule has 1 aliphatic heterocycles. The molecule has 0 fully saturated rings. The fourth-order valence-corrected chi connectivity index (χ4v) is 3.31. The minimum atomic E-state index is -0.326. The summed E-state index contributed by atoms with van der Waals surface area (Å²) in [6, 6.07) is 7.67. The lowest BCUT2D eigenvalue weighted by molar-refractivity contribution is 0.0486. The van der Waals surface area contributed by atoms with Crippen LogP contribution in [0.4, 0.5) is 0 Å². The largest absolute Gasteiger partial charge is 0.364 e. The van der Waals surface area contributed by atoms with Gasteiger partial charge in [-0.2, -0.15) is 0 Å². The molecule has 0 saturated heterocycles. The molecular weight excluding hydrogens is 288 g/mol. The van der Waals surface area contributed by atoms with Gasteiger partial charge >= 0.3 is 0 Å². The molecule has 1 aromatic carbocycles. The molecule has 2 aromatic rings. The Kier molecular flexibility index (Phi) is 3.63. The van der Waals surface area contributed by atoms with Crippen LogP contribution in [0.1, 0.15) is 46.6 Å². The number of carbonyl (C=O) groups is 1. The van der Waals surface area contributed by atoms with Crippen molar-refractivity contribution in [1.29, 1.82) is 0 Å². The first kappa shape index (κ1) is 15.5. The SMILES string of the molecule is Cc1cc(=O)c(C(=O)N2Cc3cccc(C)c3CC2(C)C)c[nH]1. The topological polar surface area (TPSA) is 53.2 Å². The van der Waals surface area contributed by atoms with E-state index in [9.17, 15) is 9.59 Å². The molecule has 0 radical (unpaired) electrons. The molecule has 1 amide bonds. The monoisotopic (exact) mass is 310 g/mol. The molecule has 2 heterocycles. The number of aromatic amines is 1. The summed E-state index contributed by atoms with van der Waals surface area (Å²) in [6.45, 7) is 8.57. The first-order valence-corrected chi connectivity index (χ1v) is 7.88. The van der Waals surface area contributed by atoms with Crippen molar-refractivity contribution in [3.8, 4) is 0 Å². The Hall–Kier alpha value is -2.36. The maximum Gasteiger partial charge on any atom is 0.260 e. The van der Waals surface area contributed by atoms with Crippen molar-refractivity contribution in [3.63, 3.8) is 0 Å². The highest BCUT2D eigenvalue weighted by molar-refractivity contribution is 5.94. The van der Waals surface area contributed by atoms with E-state index in [1.165, 1.54) is 29.0 Å². The van der Waals surface area contributed by atoms with Crippen LogP contribution < -0.4 is 5.43 Å². The quantitative estimate of drug-likeness (QED) is 0.880. The number of carbonyl (C=O) groups excluding carboxylic acids is 1. The van der Waals surface area contributed by atoms with Crippen molar-refractivity contribution in [1.82, 2.24) is 9.88 Å². The summed E-state index contributed by atoms with van der Waals surface area (Å²) in [4.78, 5) is 29.9. The van der Waals surface area contributed by atoms with Gasteiger partial charge in [0.2, 0.25) is 0 Å². The Morgan fingerprint density at radius 3 is 2.70 bits per heavy atom. The van der Waals surface area contributed by atoms with Crippen LogP contribution in [-0.4, -0.2) is 21.3 Å². The van der Waals surface area contributed by atoms with Gasteiger partial charge in [-0.1, -0.05) is 18.2 Å². The summed E-state index contributed by atoms with van der Waals surface area (Å²) in [7, 11) is 0. The van der Waals surface area contributed by atoms with Gasteiger partial charge in [-0.15, -0.1) is 0 Å². The summed E-state index contributed by atoms with van der Waals surface area (Å²) in [6.07, 6.45) is 2.33. The lowest BCUT2D eigenvalue weighted by Crippen LogP contribution is -2.52. The molecule has 23 heavy (non-hydrogen) atoms. The zero-order valence-electron chi connectivity index (χ0n) is 14.1. The van der Waals surface area contributed by atoms with E-state index in [0.717, 1.165) is 12.1 Å². The maximum atomic E-state index is 12.9. The van der Waals surface area contributed by atoms with Gasteiger partial charge in [-0.05, 0) is 50.8 Å². The molecule has 0 unspecified atom stereocenters. The molecule has 0 saturated carbocycles. The Morgan fingerprint density at radius 1 is 1.26 bits per heavy atom. The smallest absolute Gasteiger partial charge is 0.260 e. The number of hydrogen-bond donors (Lipinski definition) is 1. The number of nitrogens with one attached hydrogen (secondary N) is 1. The van der Waals surface area contributed by atoms with Gasteiger partial charge in [0.15, 0.2) is 5.43 Å². The van der Waals surface area contributed by atoms with Gasteiger partial charge in [-0.25, -0.2) is 0 Å². The van der Waals surface area contributed by atoms with Crippen molar-refractivity contribution in [2.75, 3.05) is 0 Å². The first-order valence-electron chi connectivity index (χ1n) is 7.88. The van der Waals surface area contributed by atoms with E-state index in [0.29, 0.717) is 6.54 Å². The average molecular weight is 310 g/mol. The highest BCUT2D eigenvalue weighted by atomic mass is 16.2. The summed E-state index contributed by atoms with van der Waals surface area (Å²) in [5.74, 6) is -0.205. The Balaban J connectivity index is 2.02. The van der Waals surface area contributed by atoms with Gasteiger partial charge in [0, 0.05) is 30.0 Å². The molecule has 0 spiro atoms. The maximum absolute atomic E-state index is 12.9. The summed E-state index contributed by atoms with van der Waals surface area (Å²) >= 11 is 0. The van der Waals surface area contributed by atoms with Crippen molar-refractivity contribution in [2.24, 2.45) is 0 Å². The second-order valence-electron chi connectivity index (χ2n) is 6.99. The second-order valence-corrected chi connectivity index (χ2v) is 6.99. The zero-order valence-corrected chi connectivity index (χ0v) is 14.1. The van der Waals surface area contributed by atoms with Crippen LogP contribution in [0.3, 0.4) is 0 Å². The number of pyridine rings is 1. The second kappa shape index (κ2) is 5.37. The molecular formula is C19H22N2O2. The lowest BCUT2D eigenvalue weighted by atomic mass is 9.83. The third-order valence-corrected chi connectivity index (χ3v) is 4.71. The zero-order chi connectivity index (χ0) is 16.8. The first-order chi connectivity index (χ1) is 10.8. The summed E-state index contributed by atoms with van der Waals surface area (Å²) in [5, 5.41) is 0. The fraction of sp³-hybridized carbons (Fsp3) is 0.368. The highest BCUT2D eigenvalue weighted by Crippen LogP contribution is 2.33. The Labute approximate surface area is 136 Å². The van der Waals surface area contributed by atoms with Crippen LogP contribution in [-0.2, 0) is 13.0 Å². The number of fused-ring (bicyclic) bond motifs is 1. The highest BCUT2D eigenvalue weighted by Gasteiger charge is 2.37. The van der Waals surface area contributed by atoms with Crippen LogP contribution in [0.15, 0.2) is 35.3 Å². The van der Waals surface area contributed by atoms with Crippen LogP contribution in [0.25, 0.3) is 0 Å². The van der Waals surface area contributed by atoms with E-state index in [4.69, 9.17) is 0 Å². The minimum Gasteiger partial charge on any atom is -0.364 e. The average Bonchev–Trinajstić information content (AvgIpc) is 2.46. The minimum absolute atomic E-state index is 0.205. The number of hydrogen-bond acceptors (Lipinski definition) is 2. The molecule has 0 atom stereocenters. The van der Waals surface area contributed by atoms with Gasteiger partial charge in [0.1, 0.15) is 5.56 Å². The number of amides is 1. The fourth-order valence-electron chi connectivity index (χ4n) is 3.31.